The summed E-state index contributed by atoms with van der Waals surface area (Å²) >= 11 is 0. The van der Waals surface area contributed by atoms with Crippen molar-refractivity contribution in [2.24, 2.45) is 5.92 Å². The van der Waals surface area contributed by atoms with Gasteiger partial charge >= 0.3 is 5.97 Å². The summed E-state index contributed by atoms with van der Waals surface area (Å²) < 4.78 is 5.22. The number of hydrogen-bond donors (Lipinski definition) is 1. The van der Waals surface area contributed by atoms with E-state index in [-0.39, 0.29) is 11.9 Å². The fourth-order valence-corrected chi connectivity index (χ4v) is 2.91. The zero-order chi connectivity index (χ0) is 15.2. The van der Waals surface area contributed by atoms with Crippen LogP contribution < -0.4 is 5.32 Å². The smallest absolute Gasteiger partial charge is 0.303 e. The molecule has 0 saturated heterocycles. The van der Waals surface area contributed by atoms with Crippen molar-refractivity contribution in [2.75, 3.05) is 0 Å². The second-order valence-corrected chi connectivity index (χ2v) is 5.88. The van der Waals surface area contributed by atoms with Crippen LogP contribution in [0.3, 0.4) is 0 Å². The van der Waals surface area contributed by atoms with E-state index in [2.05, 4.69) is 12.2 Å². The van der Waals surface area contributed by atoms with Gasteiger partial charge in [0.1, 0.15) is 0 Å². The molecule has 0 heterocycles. The van der Waals surface area contributed by atoms with Crippen LogP contribution in [0, 0.1) is 5.92 Å². The first-order valence-corrected chi connectivity index (χ1v) is 7.59. The topological polar surface area (TPSA) is 55.4 Å². The molecule has 3 atom stereocenters. The SMILES string of the molecule is CC(=O)O[C@@H](C(=O)N[C@@H]1CCC[C@@H](C)C1)c1ccccc1. The quantitative estimate of drug-likeness (QED) is 0.867. The molecule has 1 saturated carbocycles. The predicted octanol–water partition coefficient (Wildman–Crippen LogP) is 2.99. The fourth-order valence-electron chi connectivity index (χ4n) is 2.91. The highest BCUT2D eigenvalue weighted by atomic mass is 16.5. The van der Waals surface area contributed by atoms with Crippen molar-refractivity contribution in [3.05, 3.63) is 35.9 Å². The Morgan fingerprint density at radius 2 is 1.95 bits per heavy atom. The molecule has 21 heavy (non-hydrogen) atoms. The summed E-state index contributed by atoms with van der Waals surface area (Å²) in [4.78, 5) is 23.7. The Kier molecular flexibility index (Phi) is 5.37. The zero-order valence-electron chi connectivity index (χ0n) is 12.7. The molecule has 0 bridgehead atoms. The molecule has 1 fully saturated rings. The van der Waals surface area contributed by atoms with Crippen LogP contribution in [0.1, 0.15) is 51.2 Å². The van der Waals surface area contributed by atoms with E-state index in [4.69, 9.17) is 4.74 Å². The second kappa shape index (κ2) is 7.25. The number of ether oxygens (including phenoxy) is 1. The lowest BCUT2D eigenvalue weighted by molar-refractivity contribution is -0.154. The molecule has 4 nitrogen and oxygen atoms in total. The normalized spacial score (nSPS) is 23.1. The number of nitrogens with one attached hydrogen (secondary N) is 1. The van der Waals surface area contributed by atoms with Crippen molar-refractivity contribution < 1.29 is 14.3 Å². The van der Waals surface area contributed by atoms with E-state index < -0.39 is 12.1 Å². The number of hydrogen-bond acceptors (Lipinski definition) is 3. The van der Waals surface area contributed by atoms with Gasteiger partial charge in [0.25, 0.3) is 5.91 Å². The number of benzene rings is 1. The van der Waals surface area contributed by atoms with Gasteiger partial charge in [0.15, 0.2) is 0 Å². The highest BCUT2D eigenvalue weighted by Crippen LogP contribution is 2.25. The van der Waals surface area contributed by atoms with Crippen LogP contribution in [-0.4, -0.2) is 17.9 Å². The van der Waals surface area contributed by atoms with Gasteiger partial charge in [-0.3, -0.25) is 9.59 Å². The number of amides is 1. The summed E-state index contributed by atoms with van der Waals surface area (Å²) in [6.07, 6.45) is 3.49. The van der Waals surface area contributed by atoms with Crippen molar-refractivity contribution in [3.63, 3.8) is 0 Å². The summed E-state index contributed by atoms with van der Waals surface area (Å²) in [5.74, 6) is -0.0422. The number of rotatable bonds is 4. The van der Waals surface area contributed by atoms with Gasteiger partial charge in [-0.1, -0.05) is 50.1 Å². The summed E-state index contributed by atoms with van der Waals surface area (Å²) in [6.45, 7) is 3.53. The van der Waals surface area contributed by atoms with Crippen LogP contribution in [0.25, 0.3) is 0 Å². The monoisotopic (exact) mass is 289 g/mol. The molecule has 0 spiro atoms. The molecule has 1 amide bonds. The minimum Gasteiger partial charge on any atom is -0.447 e. The third-order valence-corrected chi connectivity index (χ3v) is 3.91. The van der Waals surface area contributed by atoms with Crippen molar-refractivity contribution in [1.29, 1.82) is 0 Å². The Morgan fingerprint density at radius 3 is 2.57 bits per heavy atom. The Labute approximate surface area is 125 Å². The van der Waals surface area contributed by atoms with E-state index in [0.29, 0.717) is 11.5 Å². The first-order valence-electron chi connectivity index (χ1n) is 7.59. The summed E-state index contributed by atoms with van der Waals surface area (Å²) in [5.41, 5.74) is 0.703. The molecule has 0 aliphatic heterocycles. The van der Waals surface area contributed by atoms with Gasteiger partial charge in [0.2, 0.25) is 6.10 Å². The predicted molar refractivity (Wildman–Crippen MR) is 80.5 cm³/mol. The van der Waals surface area contributed by atoms with Crippen LogP contribution in [-0.2, 0) is 14.3 Å². The van der Waals surface area contributed by atoms with Gasteiger partial charge in [0, 0.05) is 18.5 Å². The van der Waals surface area contributed by atoms with E-state index >= 15 is 0 Å². The Morgan fingerprint density at radius 1 is 1.24 bits per heavy atom. The van der Waals surface area contributed by atoms with E-state index in [1.807, 2.05) is 18.2 Å². The van der Waals surface area contributed by atoms with Gasteiger partial charge in [-0.25, -0.2) is 0 Å². The average molecular weight is 289 g/mol. The molecule has 2 rings (SSSR count). The zero-order valence-corrected chi connectivity index (χ0v) is 12.7. The summed E-state index contributed by atoms with van der Waals surface area (Å²) in [6, 6.07) is 9.33. The minimum absolute atomic E-state index is 0.183. The Bertz CT molecular complexity index is 486. The lowest BCUT2D eigenvalue weighted by atomic mass is 9.87. The van der Waals surface area contributed by atoms with E-state index in [1.54, 1.807) is 12.1 Å². The van der Waals surface area contributed by atoms with Crippen molar-refractivity contribution in [3.8, 4) is 0 Å². The molecule has 1 aromatic carbocycles. The van der Waals surface area contributed by atoms with E-state index in [9.17, 15) is 9.59 Å². The molecule has 1 aliphatic rings. The summed E-state index contributed by atoms with van der Waals surface area (Å²) in [5, 5.41) is 3.04. The Hall–Kier alpha value is -1.84. The van der Waals surface area contributed by atoms with E-state index in [1.165, 1.54) is 13.3 Å². The highest BCUT2D eigenvalue weighted by molar-refractivity contribution is 5.84. The van der Waals surface area contributed by atoms with Crippen LogP contribution in [0.2, 0.25) is 0 Å². The molecule has 0 aromatic heterocycles. The van der Waals surface area contributed by atoms with Crippen LogP contribution >= 0.6 is 0 Å². The molecule has 0 unspecified atom stereocenters. The van der Waals surface area contributed by atoms with Crippen LogP contribution in [0.4, 0.5) is 0 Å². The second-order valence-electron chi connectivity index (χ2n) is 5.88. The minimum atomic E-state index is -0.860. The third kappa shape index (κ3) is 4.59. The molecule has 114 valence electrons. The molecule has 1 aromatic rings. The third-order valence-electron chi connectivity index (χ3n) is 3.91. The first-order chi connectivity index (χ1) is 10.1. The number of esters is 1. The van der Waals surface area contributed by atoms with Crippen LogP contribution in [0.5, 0.6) is 0 Å². The van der Waals surface area contributed by atoms with Crippen LogP contribution in [0.15, 0.2) is 30.3 Å². The number of carbonyl (C=O) groups is 2. The summed E-state index contributed by atoms with van der Waals surface area (Å²) in [7, 11) is 0. The maximum absolute atomic E-state index is 12.5. The maximum atomic E-state index is 12.5. The molecule has 0 radical (unpaired) electrons. The average Bonchev–Trinajstić information content (AvgIpc) is 2.45. The van der Waals surface area contributed by atoms with Crippen molar-refractivity contribution in [1.82, 2.24) is 5.32 Å². The van der Waals surface area contributed by atoms with Gasteiger partial charge in [-0.05, 0) is 18.8 Å². The number of carbonyl (C=O) groups excluding carboxylic acids is 2. The van der Waals surface area contributed by atoms with Crippen molar-refractivity contribution >= 4 is 11.9 Å². The molecule has 1 aliphatic carbocycles. The largest absolute Gasteiger partial charge is 0.447 e. The van der Waals surface area contributed by atoms with Crippen molar-refractivity contribution in [2.45, 2.75) is 51.7 Å². The van der Waals surface area contributed by atoms with E-state index in [0.717, 1.165) is 19.3 Å². The lowest BCUT2D eigenvalue weighted by Crippen LogP contribution is -2.41. The molecular formula is C17H23NO3. The Balaban J connectivity index is 2.05. The van der Waals surface area contributed by atoms with Gasteiger partial charge in [-0.15, -0.1) is 0 Å². The standard InChI is InChI=1S/C17H23NO3/c1-12-7-6-10-15(11-12)18-17(20)16(21-13(2)19)14-8-4-3-5-9-14/h3-5,8-9,12,15-16H,6-7,10-11H2,1-2H3,(H,18,20)/t12-,15-,16-/m1/s1. The van der Waals surface area contributed by atoms with Gasteiger partial charge in [-0.2, -0.15) is 0 Å². The van der Waals surface area contributed by atoms with Gasteiger partial charge in [0.05, 0.1) is 0 Å². The lowest BCUT2D eigenvalue weighted by Gasteiger charge is -2.29. The molecule has 1 N–H and O–H groups in total. The molecular weight excluding hydrogens is 266 g/mol. The van der Waals surface area contributed by atoms with Gasteiger partial charge < -0.3 is 10.1 Å². The first kappa shape index (κ1) is 15.5. The highest BCUT2D eigenvalue weighted by Gasteiger charge is 2.27. The molecule has 4 heteroatoms. The maximum Gasteiger partial charge on any atom is 0.303 e. The fraction of sp³-hybridized carbons (Fsp3) is 0.529.